The molecule has 12 heteroatoms. The van der Waals surface area contributed by atoms with Crippen molar-refractivity contribution in [3.63, 3.8) is 0 Å². The van der Waals surface area contributed by atoms with E-state index in [9.17, 15) is 19.2 Å². The van der Waals surface area contributed by atoms with Gasteiger partial charge < -0.3 is 25.4 Å². The van der Waals surface area contributed by atoms with E-state index < -0.39 is 47.6 Å². The predicted molar refractivity (Wildman–Crippen MR) is 177 cm³/mol. The van der Waals surface area contributed by atoms with Gasteiger partial charge in [-0.05, 0) is 46.9 Å². The summed E-state index contributed by atoms with van der Waals surface area (Å²) in [5.41, 5.74) is 2.37. The summed E-state index contributed by atoms with van der Waals surface area (Å²) >= 11 is 0. The maximum atomic E-state index is 15.4. The topological polar surface area (TPSA) is 136 Å². The Morgan fingerprint density at radius 2 is 1.39 bits per heavy atom. The molecule has 0 fully saturated rings. The minimum atomic E-state index is -4.49. The standard InChI is InChI=1S/C37H38F2N4O6/c1-25(2)32(43-36(47)49-23-28-13-7-4-8-14-28)34(45)42-31(33(44)37(38,39)35(46)41-22-27-11-5-3-6-12-27)21-26-16-18-30(19-17-26)48-24-29-15-9-10-20-40-29/h3-20,25,31-32H,21-24H2,1-2H3,(H,41,46)(H,42,45)(H,43,47)/t31?,32-/m0/s1. The molecule has 256 valence electrons. The fraction of sp³-hybridized carbons (Fsp3) is 0.270. The molecule has 2 atom stereocenters. The van der Waals surface area contributed by atoms with Crippen molar-refractivity contribution in [1.82, 2.24) is 20.9 Å². The Hall–Kier alpha value is -5.65. The number of hydrogen-bond donors (Lipinski definition) is 3. The first-order chi connectivity index (χ1) is 23.5. The smallest absolute Gasteiger partial charge is 0.408 e. The molecular weight excluding hydrogens is 634 g/mol. The SMILES string of the molecule is CC(C)[C@H](NC(=O)OCc1ccccc1)C(=O)NC(Cc1ccc(OCc2ccccn2)cc1)C(=O)C(F)(F)C(=O)NCc1ccccc1. The molecule has 3 N–H and O–H groups in total. The predicted octanol–water partition coefficient (Wildman–Crippen LogP) is 5.16. The second-order valence-corrected chi connectivity index (χ2v) is 11.6. The first kappa shape index (κ1) is 36.2. The molecular formula is C37H38F2N4O6. The number of carbonyl (C=O) groups is 4. The van der Waals surface area contributed by atoms with Crippen molar-refractivity contribution in [2.45, 2.75) is 58.0 Å². The summed E-state index contributed by atoms with van der Waals surface area (Å²) in [7, 11) is 0. The average molecular weight is 673 g/mol. The average Bonchev–Trinajstić information content (AvgIpc) is 3.12. The van der Waals surface area contributed by atoms with E-state index in [0.717, 1.165) is 5.56 Å². The maximum Gasteiger partial charge on any atom is 0.408 e. The molecule has 10 nitrogen and oxygen atoms in total. The zero-order valence-electron chi connectivity index (χ0n) is 27.1. The van der Waals surface area contributed by atoms with Crippen molar-refractivity contribution < 1.29 is 37.4 Å². The third-order valence-corrected chi connectivity index (χ3v) is 7.43. The number of Topliss-reactive ketones (excluding diaryl/α,β-unsaturated/α-hetero) is 1. The van der Waals surface area contributed by atoms with Crippen molar-refractivity contribution >= 4 is 23.7 Å². The van der Waals surface area contributed by atoms with Crippen LogP contribution < -0.4 is 20.7 Å². The number of alkyl halides is 2. The lowest BCUT2D eigenvalue weighted by atomic mass is 9.96. The molecule has 0 saturated heterocycles. The van der Waals surface area contributed by atoms with Crippen LogP contribution in [0, 0.1) is 5.92 Å². The zero-order valence-corrected chi connectivity index (χ0v) is 27.1. The summed E-state index contributed by atoms with van der Waals surface area (Å²) in [4.78, 5) is 56.3. The largest absolute Gasteiger partial charge is 0.487 e. The van der Waals surface area contributed by atoms with Gasteiger partial charge in [0.05, 0.1) is 11.7 Å². The second-order valence-electron chi connectivity index (χ2n) is 11.6. The maximum absolute atomic E-state index is 15.4. The van der Waals surface area contributed by atoms with Gasteiger partial charge in [0.2, 0.25) is 11.7 Å². The number of ketones is 1. The molecule has 1 unspecified atom stereocenters. The summed E-state index contributed by atoms with van der Waals surface area (Å²) in [5.74, 6) is -9.07. The molecule has 0 aliphatic heterocycles. The Morgan fingerprint density at radius 3 is 2.00 bits per heavy atom. The van der Waals surface area contributed by atoms with Gasteiger partial charge in [0, 0.05) is 19.2 Å². The van der Waals surface area contributed by atoms with E-state index >= 15 is 8.78 Å². The summed E-state index contributed by atoms with van der Waals surface area (Å²) < 4.78 is 41.9. The summed E-state index contributed by atoms with van der Waals surface area (Å²) in [6.45, 7) is 3.16. The number of hydrogen-bond acceptors (Lipinski definition) is 7. The number of halogens is 2. The molecule has 49 heavy (non-hydrogen) atoms. The molecule has 0 bridgehead atoms. The summed E-state index contributed by atoms with van der Waals surface area (Å²) in [6, 6.07) is 25.9. The van der Waals surface area contributed by atoms with Crippen molar-refractivity contribution in [2.24, 2.45) is 5.92 Å². The molecule has 3 amide bonds. The third kappa shape index (κ3) is 11.0. The number of benzene rings is 3. The minimum Gasteiger partial charge on any atom is -0.487 e. The van der Waals surface area contributed by atoms with Crippen LogP contribution in [-0.2, 0) is 45.3 Å². The highest BCUT2D eigenvalue weighted by Gasteiger charge is 2.50. The van der Waals surface area contributed by atoms with Gasteiger partial charge in [-0.3, -0.25) is 19.4 Å². The molecule has 3 aromatic carbocycles. The number of alkyl carbamates (subject to hydrolysis) is 1. The first-order valence-electron chi connectivity index (χ1n) is 15.7. The van der Waals surface area contributed by atoms with Crippen LogP contribution in [-0.4, -0.2) is 46.7 Å². The number of nitrogens with one attached hydrogen (secondary N) is 3. The molecule has 0 radical (unpaired) electrons. The van der Waals surface area contributed by atoms with Gasteiger partial charge in [0.25, 0.3) is 5.91 Å². The highest BCUT2D eigenvalue weighted by molar-refractivity contribution is 6.10. The summed E-state index contributed by atoms with van der Waals surface area (Å²) in [6.07, 6.45) is 0.348. The Bertz CT molecular complexity index is 1670. The molecule has 0 aliphatic rings. The third-order valence-electron chi connectivity index (χ3n) is 7.43. The van der Waals surface area contributed by atoms with Crippen LogP contribution in [0.4, 0.5) is 13.6 Å². The number of nitrogens with zero attached hydrogens (tertiary/aromatic N) is 1. The summed E-state index contributed by atoms with van der Waals surface area (Å²) in [5, 5.41) is 6.92. The monoisotopic (exact) mass is 672 g/mol. The first-order valence-corrected chi connectivity index (χ1v) is 15.7. The number of pyridine rings is 1. The van der Waals surface area contributed by atoms with E-state index in [1.807, 2.05) is 12.1 Å². The van der Waals surface area contributed by atoms with E-state index in [1.54, 1.807) is 111 Å². The van der Waals surface area contributed by atoms with Gasteiger partial charge in [0.1, 0.15) is 25.0 Å². The Morgan fingerprint density at radius 1 is 0.755 bits per heavy atom. The number of aromatic nitrogens is 1. The van der Waals surface area contributed by atoms with Crippen LogP contribution in [0.15, 0.2) is 109 Å². The fourth-order valence-corrected chi connectivity index (χ4v) is 4.72. The van der Waals surface area contributed by atoms with E-state index in [2.05, 4.69) is 20.9 Å². The molecule has 1 heterocycles. The number of amides is 3. The highest BCUT2D eigenvalue weighted by Crippen LogP contribution is 2.22. The van der Waals surface area contributed by atoms with Crippen molar-refractivity contribution in [3.05, 3.63) is 132 Å². The lowest BCUT2D eigenvalue weighted by molar-refractivity contribution is -0.160. The van der Waals surface area contributed by atoms with Crippen LogP contribution in [0.3, 0.4) is 0 Å². The lowest BCUT2D eigenvalue weighted by Crippen LogP contribution is -2.59. The number of rotatable bonds is 16. The molecule has 1 aromatic heterocycles. The molecule has 4 aromatic rings. The fourth-order valence-electron chi connectivity index (χ4n) is 4.72. The Kier molecular flexibility index (Phi) is 12.9. The van der Waals surface area contributed by atoms with Crippen LogP contribution in [0.25, 0.3) is 0 Å². The van der Waals surface area contributed by atoms with Crippen molar-refractivity contribution in [3.8, 4) is 5.75 Å². The van der Waals surface area contributed by atoms with E-state index in [0.29, 0.717) is 22.6 Å². The Balaban J connectivity index is 1.48. The minimum absolute atomic E-state index is 0.0634. The number of ether oxygens (including phenoxy) is 2. The van der Waals surface area contributed by atoms with E-state index in [4.69, 9.17) is 9.47 Å². The molecule has 0 spiro atoms. The van der Waals surface area contributed by atoms with Crippen molar-refractivity contribution in [2.75, 3.05) is 0 Å². The van der Waals surface area contributed by atoms with Gasteiger partial charge >= 0.3 is 12.0 Å². The molecule has 4 rings (SSSR count). The lowest BCUT2D eigenvalue weighted by Gasteiger charge is -2.27. The van der Waals surface area contributed by atoms with Gasteiger partial charge in [-0.2, -0.15) is 8.78 Å². The van der Waals surface area contributed by atoms with Crippen LogP contribution in [0.5, 0.6) is 5.75 Å². The van der Waals surface area contributed by atoms with Gasteiger partial charge in [-0.1, -0.05) is 92.7 Å². The van der Waals surface area contributed by atoms with Crippen molar-refractivity contribution in [1.29, 1.82) is 0 Å². The highest BCUT2D eigenvalue weighted by atomic mass is 19.3. The normalized spacial score (nSPS) is 12.3. The van der Waals surface area contributed by atoms with Gasteiger partial charge in [0.15, 0.2) is 0 Å². The van der Waals surface area contributed by atoms with Crippen LogP contribution in [0.2, 0.25) is 0 Å². The second kappa shape index (κ2) is 17.5. The van der Waals surface area contributed by atoms with Gasteiger partial charge in [-0.25, -0.2) is 4.79 Å². The van der Waals surface area contributed by atoms with Crippen LogP contribution >= 0.6 is 0 Å². The van der Waals surface area contributed by atoms with E-state index in [-0.39, 0.29) is 26.2 Å². The quantitative estimate of drug-likeness (QED) is 0.140. The molecule has 0 aliphatic carbocycles. The molecule has 0 saturated carbocycles. The van der Waals surface area contributed by atoms with Gasteiger partial charge in [-0.15, -0.1) is 0 Å². The zero-order chi connectivity index (χ0) is 35.2. The van der Waals surface area contributed by atoms with E-state index in [1.165, 1.54) is 0 Å². The Labute approximate surface area is 283 Å². The number of carbonyl (C=O) groups excluding carboxylic acids is 4. The van der Waals surface area contributed by atoms with Crippen LogP contribution in [0.1, 0.15) is 36.2 Å².